The number of ether oxygens (including phenoxy) is 1. The van der Waals surface area contributed by atoms with Gasteiger partial charge in [-0.3, -0.25) is 0 Å². The number of methoxy groups -OCH3 is 1. The Morgan fingerprint density at radius 2 is 1.77 bits per heavy atom. The first-order chi connectivity index (χ1) is 12.4. The van der Waals surface area contributed by atoms with Crippen LogP contribution in [0.15, 0.2) is 36.4 Å². The minimum absolute atomic E-state index is 0.180. The van der Waals surface area contributed by atoms with Gasteiger partial charge in [-0.15, -0.1) is 0 Å². The zero-order chi connectivity index (χ0) is 18.7. The van der Waals surface area contributed by atoms with Crippen LogP contribution in [0, 0.1) is 5.92 Å². The van der Waals surface area contributed by atoms with Crippen molar-refractivity contribution in [1.82, 2.24) is 5.32 Å². The van der Waals surface area contributed by atoms with Gasteiger partial charge < -0.3 is 0 Å². The van der Waals surface area contributed by atoms with E-state index in [4.69, 9.17) is 4.74 Å². The monoisotopic (exact) mass is 439 g/mol. The first-order valence-electron chi connectivity index (χ1n) is 8.81. The first-order valence-corrected chi connectivity index (χ1v) is 13.4. The van der Waals surface area contributed by atoms with E-state index in [0.717, 1.165) is 30.2 Å². The second-order valence-electron chi connectivity index (χ2n) is 7.04. The normalized spacial score (nSPS) is 16.9. The molecule has 2 aromatic carbocycles. The molecule has 0 saturated carbocycles. The number of hydrogen-bond donors (Lipinski definition) is 3. The van der Waals surface area contributed by atoms with Crippen molar-refractivity contribution in [3.63, 3.8) is 0 Å². The number of anilines is 2. The predicted molar refractivity (Wildman–Crippen MR) is 112 cm³/mol. The van der Waals surface area contributed by atoms with Crippen LogP contribution in [-0.4, -0.2) is 53.1 Å². The summed E-state index contributed by atoms with van der Waals surface area (Å²) in [4.78, 5) is 12.0. The van der Waals surface area contributed by atoms with Crippen molar-refractivity contribution in [3.8, 4) is 0 Å². The third-order valence-electron chi connectivity index (χ3n) is 4.74. The molecule has 7 heteroatoms. The molecule has 3 rings (SSSR count). The van der Waals surface area contributed by atoms with Gasteiger partial charge in [0.15, 0.2) is 0 Å². The molecule has 0 spiro atoms. The number of carbonyl (C=O) groups is 1. The van der Waals surface area contributed by atoms with Gasteiger partial charge >= 0.3 is 162 Å². The fraction of sp³-hybridized carbons (Fsp3) is 0.421. The molecule has 0 saturated heterocycles. The third kappa shape index (κ3) is 4.15. The number of esters is 1. The van der Waals surface area contributed by atoms with Gasteiger partial charge in [0.1, 0.15) is 0 Å². The molecule has 1 heterocycles. The number of hydrogen-bond acceptors (Lipinski definition) is 5. The molecular weight excluding hydrogens is 412 g/mol. The van der Waals surface area contributed by atoms with Gasteiger partial charge in [-0.2, -0.15) is 0 Å². The van der Waals surface area contributed by atoms with Crippen LogP contribution in [0.5, 0.6) is 0 Å². The standard InChI is InChI=1S/C19H26N3O2PSe/c1-13(2)18(19(23)24-3)22-12-25(26)10-20-15-8-4-6-14-7-5-9-16(17(14)15)21-11-25/h4-9,13,18,20-22H,10-12H2,1-3H3/t18-/m0/s1. The number of rotatable bonds is 5. The van der Waals surface area contributed by atoms with E-state index in [2.05, 4.69) is 67.4 Å². The Balaban J connectivity index is 1.79. The quantitative estimate of drug-likeness (QED) is 0.379. The zero-order valence-electron chi connectivity index (χ0n) is 15.4. The maximum atomic E-state index is 12.0. The Bertz CT molecular complexity index is 809. The average molecular weight is 438 g/mol. The molecule has 0 bridgehead atoms. The van der Waals surface area contributed by atoms with Crippen molar-refractivity contribution >= 4 is 48.7 Å². The summed E-state index contributed by atoms with van der Waals surface area (Å²) in [6, 6.07) is 12.4. The van der Waals surface area contributed by atoms with E-state index >= 15 is 0 Å². The molecule has 1 atom stereocenters. The average Bonchev–Trinajstić information content (AvgIpc) is 2.63. The molecule has 5 nitrogen and oxygen atoms in total. The van der Waals surface area contributed by atoms with Gasteiger partial charge in [-0.25, -0.2) is 0 Å². The molecule has 140 valence electrons. The van der Waals surface area contributed by atoms with E-state index in [-0.39, 0.29) is 17.9 Å². The number of nitrogens with one attached hydrogen (secondary N) is 3. The molecule has 3 N–H and O–H groups in total. The summed E-state index contributed by atoms with van der Waals surface area (Å²) < 4.78 is 4.95. The second kappa shape index (κ2) is 8.14. The first kappa shape index (κ1) is 19.4. The molecule has 0 unspecified atom stereocenters. The Morgan fingerprint density at radius 3 is 2.27 bits per heavy atom. The van der Waals surface area contributed by atoms with Gasteiger partial charge in [-0.1, -0.05) is 0 Å². The molecule has 0 amide bonds. The van der Waals surface area contributed by atoms with Crippen molar-refractivity contribution in [1.29, 1.82) is 0 Å². The van der Waals surface area contributed by atoms with Crippen molar-refractivity contribution in [2.24, 2.45) is 5.92 Å². The molecule has 2 aromatic rings. The van der Waals surface area contributed by atoms with Gasteiger partial charge in [-0.05, 0) is 0 Å². The summed E-state index contributed by atoms with van der Waals surface area (Å²) in [6.45, 7) is 4.06. The van der Waals surface area contributed by atoms with Gasteiger partial charge in [0.2, 0.25) is 0 Å². The molecular formula is C19H26N3O2PSe. The summed E-state index contributed by atoms with van der Waals surface area (Å²) in [5, 5.41) is 13.2. The summed E-state index contributed by atoms with van der Waals surface area (Å²) >= 11 is 3.45. The van der Waals surface area contributed by atoms with Crippen molar-refractivity contribution in [2.75, 3.05) is 36.6 Å². The summed E-state index contributed by atoms with van der Waals surface area (Å²) in [5.74, 6) is -0.0196. The van der Waals surface area contributed by atoms with E-state index in [1.165, 1.54) is 17.9 Å². The van der Waals surface area contributed by atoms with E-state index < -0.39 is 5.51 Å². The Kier molecular flexibility index (Phi) is 6.09. The second-order valence-corrected chi connectivity index (χ2v) is 15.0. The molecule has 0 radical (unpaired) electrons. The molecule has 0 aromatic heterocycles. The van der Waals surface area contributed by atoms with Crippen molar-refractivity contribution in [3.05, 3.63) is 36.4 Å². The van der Waals surface area contributed by atoms with E-state index in [1.54, 1.807) is 0 Å². The fourth-order valence-corrected chi connectivity index (χ4v) is 6.31. The van der Waals surface area contributed by atoms with Crippen LogP contribution in [-0.2, 0) is 9.53 Å². The molecule has 1 aliphatic rings. The minimum atomic E-state index is -1.51. The van der Waals surface area contributed by atoms with Crippen LogP contribution in [0.4, 0.5) is 11.4 Å². The van der Waals surface area contributed by atoms with E-state index in [0.29, 0.717) is 0 Å². The van der Waals surface area contributed by atoms with Crippen LogP contribution in [0.2, 0.25) is 0 Å². The molecule has 0 fully saturated rings. The Morgan fingerprint density at radius 1 is 1.19 bits per heavy atom. The molecule has 26 heavy (non-hydrogen) atoms. The number of benzene rings is 2. The Hall–Kier alpha value is -1.32. The molecule has 0 aliphatic carbocycles. The predicted octanol–water partition coefficient (Wildman–Crippen LogP) is 3.44. The molecule has 1 aliphatic heterocycles. The van der Waals surface area contributed by atoms with E-state index in [9.17, 15) is 4.79 Å². The van der Waals surface area contributed by atoms with Crippen LogP contribution in [0.3, 0.4) is 0 Å². The number of carbonyl (C=O) groups excluding carboxylic acids is 1. The SMILES string of the molecule is COC(=O)[C@@H](NCP1(=[Se])CNc2cccc3cccc(c23)NC1)C(C)C. The summed E-state index contributed by atoms with van der Waals surface area (Å²) in [5.41, 5.74) is 0.796. The van der Waals surface area contributed by atoms with Crippen LogP contribution in [0.25, 0.3) is 10.8 Å². The van der Waals surface area contributed by atoms with Gasteiger partial charge in [0, 0.05) is 0 Å². The Labute approximate surface area is 162 Å². The van der Waals surface area contributed by atoms with Crippen molar-refractivity contribution < 1.29 is 9.53 Å². The van der Waals surface area contributed by atoms with Crippen LogP contribution >= 0.6 is 5.51 Å². The van der Waals surface area contributed by atoms with Crippen LogP contribution in [0.1, 0.15) is 13.8 Å². The summed E-state index contributed by atoms with van der Waals surface area (Å²) in [6.07, 6.45) is 2.50. The third-order valence-corrected chi connectivity index (χ3v) is 9.41. The van der Waals surface area contributed by atoms with Gasteiger partial charge in [0.05, 0.1) is 0 Å². The van der Waals surface area contributed by atoms with Crippen LogP contribution < -0.4 is 16.0 Å². The fourth-order valence-electron chi connectivity index (χ4n) is 3.24. The maximum absolute atomic E-state index is 12.0. The van der Waals surface area contributed by atoms with Gasteiger partial charge in [0.25, 0.3) is 0 Å². The van der Waals surface area contributed by atoms with E-state index in [1.807, 2.05) is 13.8 Å². The van der Waals surface area contributed by atoms with Crippen molar-refractivity contribution in [2.45, 2.75) is 19.9 Å². The zero-order valence-corrected chi connectivity index (χ0v) is 18.0. The topological polar surface area (TPSA) is 62.4 Å². The summed E-state index contributed by atoms with van der Waals surface area (Å²) in [7, 11) is 1.44.